The van der Waals surface area contributed by atoms with Crippen LogP contribution in [0.3, 0.4) is 0 Å². The number of hydrogen-bond acceptors (Lipinski definition) is 0. The third kappa shape index (κ3) is 3.24. The van der Waals surface area contributed by atoms with Crippen LogP contribution < -0.4 is 5.46 Å². The minimum atomic E-state index is 0.767. The lowest BCUT2D eigenvalue weighted by Gasteiger charge is -1.84. The second-order valence-electron chi connectivity index (χ2n) is 2.68. The Labute approximate surface area is 75.0 Å². The zero-order valence-electron chi connectivity index (χ0n) is 7.20. The third-order valence-corrected chi connectivity index (χ3v) is 1.52. The highest BCUT2D eigenvalue weighted by molar-refractivity contribution is 6.32. The van der Waals surface area contributed by atoms with Crippen LogP contribution in [0.15, 0.2) is 48.5 Å². The van der Waals surface area contributed by atoms with Crippen molar-refractivity contribution in [3.63, 3.8) is 0 Å². The van der Waals surface area contributed by atoms with E-state index < -0.39 is 0 Å². The van der Waals surface area contributed by atoms with E-state index in [4.69, 9.17) is 7.85 Å². The van der Waals surface area contributed by atoms with Crippen molar-refractivity contribution in [3.8, 4) is 0 Å². The first-order valence-corrected chi connectivity index (χ1v) is 3.94. The molecule has 0 saturated carbocycles. The van der Waals surface area contributed by atoms with Crippen molar-refractivity contribution >= 4 is 13.3 Å². The van der Waals surface area contributed by atoms with Gasteiger partial charge in [0.15, 0.2) is 0 Å². The quantitative estimate of drug-likeness (QED) is 0.500. The minimum absolute atomic E-state index is 0.767. The van der Waals surface area contributed by atoms with E-state index in [1.165, 1.54) is 5.56 Å². The van der Waals surface area contributed by atoms with Crippen LogP contribution in [0.1, 0.15) is 5.56 Å². The molecule has 0 saturated heterocycles. The lowest BCUT2D eigenvalue weighted by atomic mass is 9.98. The van der Waals surface area contributed by atoms with Crippen molar-refractivity contribution in [2.45, 2.75) is 6.92 Å². The Morgan fingerprint density at radius 3 is 1.75 bits per heavy atom. The largest absolute Gasteiger partial charge is 0.113 e. The fraction of sp³-hybridized carbons (Fsp3) is 0.0909. The zero-order valence-corrected chi connectivity index (χ0v) is 7.20. The summed E-state index contributed by atoms with van der Waals surface area (Å²) in [7, 11) is 5.63. The monoisotopic (exact) mass is 154 g/mol. The second-order valence-corrected chi connectivity index (χ2v) is 2.68. The standard InChI is InChI=1S/C11H11B/c1-10-6-2-4-8-11(12)9-5-3-7-10/h2-9H,1H3. The van der Waals surface area contributed by atoms with Gasteiger partial charge >= 0.3 is 0 Å². The fourth-order valence-corrected chi connectivity index (χ4v) is 0.859. The van der Waals surface area contributed by atoms with Gasteiger partial charge in [0.2, 0.25) is 0 Å². The zero-order chi connectivity index (χ0) is 8.81. The summed E-state index contributed by atoms with van der Waals surface area (Å²) >= 11 is 0. The maximum absolute atomic E-state index is 5.63. The fourth-order valence-electron chi connectivity index (χ4n) is 0.859. The molecule has 0 unspecified atom stereocenters. The molecule has 58 valence electrons. The highest BCUT2D eigenvalue weighted by Gasteiger charge is 1.73. The van der Waals surface area contributed by atoms with Crippen molar-refractivity contribution in [2.24, 2.45) is 0 Å². The van der Waals surface area contributed by atoms with Crippen molar-refractivity contribution in [2.75, 3.05) is 0 Å². The van der Waals surface area contributed by atoms with Gasteiger partial charge in [0.05, 0.1) is 0 Å². The molecule has 1 heteroatoms. The average molecular weight is 154 g/mol. The van der Waals surface area contributed by atoms with Gasteiger partial charge in [0, 0.05) is 0 Å². The summed E-state index contributed by atoms with van der Waals surface area (Å²) in [5.74, 6) is 0. The molecule has 0 bridgehead atoms. The summed E-state index contributed by atoms with van der Waals surface area (Å²) in [6.45, 7) is 2.06. The highest BCUT2D eigenvalue weighted by atomic mass is 13.8. The summed E-state index contributed by atoms with van der Waals surface area (Å²) in [6, 6.07) is 15.7. The van der Waals surface area contributed by atoms with E-state index in [1.807, 2.05) is 48.5 Å². The molecule has 1 aromatic carbocycles. The van der Waals surface area contributed by atoms with Gasteiger partial charge in [-0.15, -0.1) is 0 Å². The van der Waals surface area contributed by atoms with E-state index in [1.54, 1.807) is 0 Å². The van der Waals surface area contributed by atoms with Gasteiger partial charge < -0.3 is 0 Å². The maximum atomic E-state index is 5.63. The first-order chi connectivity index (χ1) is 5.79. The molecule has 0 fully saturated rings. The van der Waals surface area contributed by atoms with Crippen LogP contribution in [0.4, 0.5) is 0 Å². The number of hydrogen-bond donors (Lipinski definition) is 0. The molecule has 0 aliphatic rings. The van der Waals surface area contributed by atoms with Gasteiger partial charge in [-0.1, -0.05) is 59.6 Å². The molecule has 0 aromatic heterocycles. The van der Waals surface area contributed by atoms with Gasteiger partial charge in [-0.3, -0.25) is 0 Å². The van der Waals surface area contributed by atoms with Crippen molar-refractivity contribution in [1.29, 1.82) is 0 Å². The molecular formula is C11H11B. The summed E-state index contributed by atoms with van der Waals surface area (Å²) in [5, 5.41) is 0. The average Bonchev–Trinajstić information content (AvgIpc) is 2.06. The van der Waals surface area contributed by atoms with Gasteiger partial charge in [-0.25, -0.2) is 0 Å². The van der Waals surface area contributed by atoms with Crippen LogP contribution in [0.2, 0.25) is 0 Å². The van der Waals surface area contributed by atoms with E-state index >= 15 is 0 Å². The Bertz CT molecular complexity index is 244. The molecule has 0 atom stereocenters. The Hall–Kier alpha value is -1.24. The van der Waals surface area contributed by atoms with E-state index in [2.05, 4.69) is 6.92 Å². The molecule has 1 aromatic rings. The maximum Gasteiger partial charge on any atom is 0.113 e. The van der Waals surface area contributed by atoms with Gasteiger partial charge in [0.25, 0.3) is 0 Å². The molecular weight excluding hydrogens is 143 g/mol. The molecule has 12 heavy (non-hydrogen) atoms. The Morgan fingerprint density at radius 1 is 0.833 bits per heavy atom. The second kappa shape index (κ2) is 4.60. The predicted molar refractivity (Wildman–Crippen MR) is 54.2 cm³/mol. The summed E-state index contributed by atoms with van der Waals surface area (Å²) in [5.41, 5.74) is 1.99. The van der Waals surface area contributed by atoms with Gasteiger partial charge in [-0.2, -0.15) is 0 Å². The summed E-state index contributed by atoms with van der Waals surface area (Å²) in [6.07, 6.45) is 0. The first-order valence-electron chi connectivity index (χ1n) is 3.94. The van der Waals surface area contributed by atoms with Gasteiger partial charge in [0.1, 0.15) is 7.85 Å². The number of aryl methyl sites for hydroxylation is 1. The van der Waals surface area contributed by atoms with Crippen LogP contribution in [0.5, 0.6) is 0 Å². The van der Waals surface area contributed by atoms with Crippen LogP contribution in [0.25, 0.3) is 0 Å². The molecule has 1 rings (SSSR count). The van der Waals surface area contributed by atoms with Crippen molar-refractivity contribution in [3.05, 3.63) is 54.1 Å². The van der Waals surface area contributed by atoms with E-state index in [9.17, 15) is 0 Å². The molecule has 0 aliphatic heterocycles. The van der Waals surface area contributed by atoms with Crippen molar-refractivity contribution in [1.82, 2.24) is 0 Å². The highest BCUT2D eigenvalue weighted by Crippen LogP contribution is 1.89. The summed E-state index contributed by atoms with van der Waals surface area (Å²) < 4.78 is 0. The van der Waals surface area contributed by atoms with Crippen LogP contribution in [-0.2, 0) is 0 Å². The predicted octanol–water partition coefficient (Wildman–Crippen LogP) is 1.91. The first kappa shape index (κ1) is 8.86. The molecule has 0 amide bonds. The third-order valence-electron chi connectivity index (χ3n) is 1.52. The molecule has 2 radical (unpaired) electrons. The molecule has 0 spiro atoms. The summed E-state index contributed by atoms with van der Waals surface area (Å²) in [4.78, 5) is 0. The van der Waals surface area contributed by atoms with Crippen molar-refractivity contribution < 1.29 is 0 Å². The minimum Gasteiger partial charge on any atom is -0.0967 e. The van der Waals surface area contributed by atoms with Crippen LogP contribution in [0, 0.1) is 6.92 Å². The van der Waals surface area contributed by atoms with E-state index in [0.717, 1.165) is 5.46 Å². The Morgan fingerprint density at radius 2 is 1.25 bits per heavy atom. The van der Waals surface area contributed by atoms with E-state index in [0.29, 0.717) is 0 Å². The molecule has 0 heterocycles. The topological polar surface area (TPSA) is 0 Å². The lowest BCUT2D eigenvalue weighted by Crippen LogP contribution is -1.95. The molecule has 0 nitrogen and oxygen atoms in total. The Balaban J connectivity index is 3.18. The lowest BCUT2D eigenvalue weighted by molar-refractivity contribution is 1.50. The van der Waals surface area contributed by atoms with Crippen LogP contribution >= 0.6 is 0 Å². The SMILES string of the molecule is [B]c1ccccc(C)cccc1. The van der Waals surface area contributed by atoms with E-state index in [-0.39, 0.29) is 0 Å². The van der Waals surface area contributed by atoms with Crippen LogP contribution in [-0.4, -0.2) is 7.85 Å². The van der Waals surface area contributed by atoms with Gasteiger partial charge in [-0.05, 0) is 6.92 Å². The molecule has 0 aliphatic carbocycles. The molecule has 0 N–H and O–H groups in total. The number of rotatable bonds is 0. The smallest absolute Gasteiger partial charge is 0.0967 e. The Kier molecular flexibility index (Phi) is 3.40. The normalized spacial score (nSPS) is 8.75.